The zero-order chi connectivity index (χ0) is 16.4. The van der Waals surface area contributed by atoms with E-state index in [0.29, 0.717) is 27.3 Å². The minimum Gasteiger partial charge on any atom is -0.383 e. The summed E-state index contributed by atoms with van der Waals surface area (Å²) in [5.41, 5.74) is 10.6. The Hall–Kier alpha value is -1.65. The van der Waals surface area contributed by atoms with Crippen molar-refractivity contribution in [2.45, 2.75) is 31.5 Å². The van der Waals surface area contributed by atoms with Crippen LogP contribution in [-0.4, -0.2) is 21.0 Å². The van der Waals surface area contributed by atoms with Gasteiger partial charge in [0.05, 0.1) is 20.9 Å². The molecular formula is C19H25N3Si. The number of nitrogens with zero attached hydrogens (tertiary/aromatic N) is 1. The molecule has 0 fully saturated rings. The van der Waals surface area contributed by atoms with Gasteiger partial charge in [0.2, 0.25) is 0 Å². The Labute approximate surface area is 141 Å². The largest absolute Gasteiger partial charge is 0.383 e. The summed E-state index contributed by atoms with van der Waals surface area (Å²) in [6.45, 7) is 7.71. The number of rotatable bonds is 3. The van der Waals surface area contributed by atoms with Crippen molar-refractivity contribution in [1.29, 1.82) is 0 Å². The molecule has 3 N–H and O–H groups in total. The molecule has 120 valence electrons. The molecule has 2 aromatic rings. The summed E-state index contributed by atoms with van der Waals surface area (Å²) in [5, 5.41) is 3.31. The minimum absolute atomic E-state index is 0.302. The molecule has 0 saturated carbocycles. The topological polar surface area (TPSA) is 50.9 Å². The average Bonchev–Trinajstić information content (AvgIpc) is 2.73. The standard InChI is InChI=1S/C19H25N3Si/c1-13-14(2)18-17(10-7-11-21-18)22-12-16(13)19(20,23-3)15-8-5-4-6-9-15/h4-11,13-14,16,22H,12,20H2,1-3H3/t13-,14?,16+,19-/m0/s1. The summed E-state index contributed by atoms with van der Waals surface area (Å²) < 4.78 is 0. The van der Waals surface area contributed by atoms with E-state index < -0.39 is 0 Å². The zero-order valence-corrected chi connectivity index (χ0v) is 15.1. The van der Waals surface area contributed by atoms with E-state index in [4.69, 9.17) is 5.73 Å². The van der Waals surface area contributed by atoms with Gasteiger partial charge in [0.25, 0.3) is 0 Å². The van der Waals surface area contributed by atoms with Crippen molar-refractivity contribution in [2.75, 3.05) is 11.9 Å². The first-order chi connectivity index (χ1) is 11.1. The summed E-state index contributed by atoms with van der Waals surface area (Å²) >= 11 is 0. The number of anilines is 1. The lowest BCUT2D eigenvalue weighted by atomic mass is 9.76. The molecule has 23 heavy (non-hydrogen) atoms. The van der Waals surface area contributed by atoms with Gasteiger partial charge in [-0.1, -0.05) is 50.7 Å². The van der Waals surface area contributed by atoms with E-state index in [1.807, 2.05) is 12.3 Å². The van der Waals surface area contributed by atoms with Crippen LogP contribution in [0.5, 0.6) is 0 Å². The zero-order valence-electron chi connectivity index (χ0n) is 14.1. The molecule has 1 aliphatic rings. The van der Waals surface area contributed by atoms with Crippen LogP contribution in [0.25, 0.3) is 0 Å². The molecule has 0 bridgehead atoms. The fraction of sp³-hybridized carbons (Fsp3) is 0.421. The van der Waals surface area contributed by atoms with Gasteiger partial charge in [-0.25, -0.2) is 0 Å². The Morgan fingerprint density at radius 3 is 2.61 bits per heavy atom. The second kappa shape index (κ2) is 6.46. The highest BCUT2D eigenvalue weighted by Crippen LogP contribution is 2.42. The van der Waals surface area contributed by atoms with E-state index in [-0.39, 0.29) is 5.16 Å². The van der Waals surface area contributed by atoms with Crippen molar-refractivity contribution in [1.82, 2.24) is 4.98 Å². The number of hydrogen-bond acceptors (Lipinski definition) is 3. The molecular weight excluding hydrogens is 298 g/mol. The van der Waals surface area contributed by atoms with Gasteiger partial charge in [-0.3, -0.25) is 4.98 Å². The SMILES string of the molecule is C[Si][C@@](N)(c1ccccc1)[C@@H]1CNc2cccnc2C(C)[C@@H]1C. The number of pyridine rings is 1. The Kier molecular flexibility index (Phi) is 4.55. The molecule has 0 spiro atoms. The van der Waals surface area contributed by atoms with Crippen molar-refractivity contribution in [3.05, 3.63) is 59.9 Å². The molecule has 0 saturated heterocycles. The van der Waals surface area contributed by atoms with Crippen LogP contribution in [0.1, 0.15) is 31.0 Å². The predicted octanol–water partition coefficient (Wildman–Crippen LogP) is 3.43. The molecule has 1 aliphatic heterocycles. The smallest absolute Gasteiger partial charge is 0.0684 e. The lowest BCUT2D eigenvalue weighted by molar-refractivity contribution is 0.255. The van der Waals surface area contributed by atoms with E-state index in [1.54, 1.807) is 0 Å². The van der Waals surface area contributed by atoms with Crippen LogP contribution in [0.3, 0.4) is 0 Å². The molecule has 1 unspecified atom stereocenters. The molecule has 3 nitrogen and oxygen atoms in total. The van der Waals surface area contributed by atoms with Crippen LogP contribution in [0.2, 0.25) is 6.55 Å². The lowest BCUT2D eigenvalue weighted by Crippen LogP contribution is -2.53. The van der Waals surface area contributed by atoms with Crippen molar-refractivity contribution < 1.29 is 0 Å². The van der Waals surface area contributed by atoms with E-state index in [0.717, 1.165) is 17.9 Å². The van der Waals surface area contributed by atoms with E-state index in [2.05, 4.69) is 67.1 Å². The van der Waals surface area contributed by atoms with E-state index in [9.17, 15) is 0 Å². The number of aromatic nitrogens is 1. The predicted molar refractivity (Wildman–Crippen MR) is 97.7 cm³/mol. The molecule has 3 rings (SSSR count). The van der Waals surface area contributed by atoms with Crippen LogP contribution in [0.15, 0.2) is 48.7 Å². The first kappa shape index (κ1) is 16.2. The third-order valence-corrected chi connectivity index (χ3v) is 6.94. The maximum Gasteiger partial charge on any atom is 0.0684 e. The van der Waals surface area contributed by atoms with Gasteiger partial charge >= 0.3 is 0 Å². The van der Waals surface area contributed by atoms with Crippen LogP contribution in [-0.2, 0) is 5.16 Å². The quantitative estimate of drug-likeness (QED) is 0.851. The molecule has 1 aromatic heterocycles. The van der Waals surface area contributed by atoms with Crippen LogP contribution in [0.4, 0.5) is 5.69 Å². The average molecular weight is 324 g/mol. The van der Waals surface area contributed by atoms with Gasteiger partial charge in [0, 0.05) is 23.8 Å². The maximum atomic E-state index is 7.00. The Balaban J connectivity index is 2.00. The summed E-state index contributed by atoms with van der Waals surface area (Å²) in [5.74, 6) is 1.20. The fourth-order valence-electron chi connectivity index (χ4n) is 3.77. The second-order valence-electron chi connectivity index (χ2n) is 6.56. The fourth-order valence-corrected chi connectivity index (χ4v) is 4.96. The van der Waals surface area contributed by atoms with E-state index >= 15 is 0 Å². The summed E-state index contributed by atoms with van der Waals surface area (Å²) in [4.78, 5) is 4.62. The monoisotopic (exact) mass is 323 g/mol. The summed E-state index contributed by atoms with van der Waals surface area (Å²) in [6, 6.07) is 14.7. The normalized spacial score (nSPS) is 26.5. The minimum atomic E-state index is -0.302. The summed E-state index contributed by atoms with van der Waals surface area (Å²) in [6.07, 6.45) is 1.89. The highest BCUT2D eigenvalue weighted by atomic mass is 28.2. The van der Waals surface area contributed by atoms with Gasteiger partial charge < -0.3 is 11.1 Å². The molecule has 0 amide bonds. The highest BCUT2D eigenvalue weighted by molar-refractivity contribution is 6.38. The van der Waals surface area contributed by atoms with Crippen molar-refractivity contribution in [2.24, 2.45) is 17.6 Å². The number of fused-ring (bicyclic) bond motifs is 1. The summed E-state index contributed by atoms with van der Waals surface area (Å²) in [7, 11) is 0.647. The van der Waals surface area contributed by atoms with Crippen molar-refractivity contribution >= 4 is 15.2 Å². The Morgan fingerprint density at radius 2 is 1.91 bits per heavy atom. The molecule has 4 atom stereocenters. The third kappa shape index (κ3) is 2.81. The molecule has 0 aliphatic carbocycles. The number of hydrogen-bond donors (Lipinski definition) is 2. The van der Waals surface area contributed by atoms with Crippen LogP contribution < -0.4 is 11.1 Å². The van der Waals surface area contributed by atoms with E-state index in [1.165, 1.54) is 5.56 Å². The number of nitrogens with one attached hydrogen (secondary N) is 1. The first-order valence-corrected chi connectivity index (χ1v) is 9.80. The lowest BCUT2D eigenvalue weighted by Gasteiger charge is -2.41. The highest BCUT2D eigenvalue weighted by Gasteiger charge is 2.42. The van der Waals surface area contributed by atoms with Gasteiger partial charge in [-0.2, -0.15) is 0 Å². The number of nitrogens with two attached hydrogens (primary N) is 1. The van der Waals surface area contributed by atoms with Crippen molar-refractivity contribution in [3.63, 3.8) is 0 Å². The molecule has 4 heteroatoms. The van der Waals surface area contributed by atoms with Gasteiger partial charge in [0.15, 0.2) is 0 Å². The van der Waals surface area contributed by atoms with Crippen LogP contribution >= 0.6 is 0 Å². The third-order valence-electron chi connectivity index (χ3n) is 5.46. The van der Waals surface area contributed by atoms with Gasteiger partial charge in [-0.15, -0.1) is 0 Å². The molecule has 1 aromatic carbocycles. The van der Waals surface area contributed by atoms with Crippen molar-refractivity contribution in [3.8, 4) is 0 Å². The Bertz CT molecular complexity index is 661. The molecule has 2 heterocycles. The Morgan fingerprint density at radius 1 is 1.17 bits per heavy atom. The second-order valence-corrected chi connectivity index (χ2v) is 7.88. The van der Waals surface area contributed by atoms with Gasteiger partial charge in [-0.05, 0) is 29.5 Å². The van der Waals surface area contributed by atoms with Gasteiger partial charge in [0.1, 0.15) is 0 Å². The number of benzene rings is 1. The first-order valence-electron chi connectivity index (χ1n) is 8.30. The van der Waals surface area contributed by atoms with Crippen LogP contribution in [0, 0.1) is 11.8 Å². The molecule has 2 radical (unpaired) electrons. The maximum absolute atomic E-state index is 7.00.